The van der Waals surface area contributed by atoms with Crippen LogP contribution in [0.25, 0.3) is 11.3 Å². The molecule has 2 N–H and O–H groups in total. The zero-order valence-electron chi connectivity index (χ0n) is 17.3. The van der Waals surface area contributed by atoms with E-state index in [4.69, 9.17) is 9.47 Å². The Morgan fingerprint density at radius 1 is 1.14 bits per heavy atom. The Balaban J connectivity index is 1.68. The lowest BCUT2D eigenvalue weighted by Crippen LogP contribution is -2.40. The number of nitrogens with one attached hydrogen (secondary N) is 2. The quantitative estimate of drug-likeness (QED) is 0.333. The monoisotopic (exact) mass is 387 g/mol. The van der Waals surface area contributed by atoms with E-state index in [-0.39, 0.29) is 0 Å². The minimum absolute atomic E-state index is 0.614. The van der Waals surface area contributed by atoms with Crippen LogP contribution in [-0.4, -0.2) is 67.9 Å². The molecule has 0 saturated carbocycles. The molecule has 0 aliphatic heterocycles. The molecule has 28 heavy (non-hydrogen) atoms. The lowest BCUT2D eigenvalue weighted by molar-refractivity contribution is 0.0486. The molecule has 0 fully saturated rings. The summed E-state index contributed by atoms with van der Waals surface area (Å²) < 4.78 is 11.1. The Morgan fingerprint density at radius 2 is 1.89 bits per heavy atom. The Kier molecular flexibility index (Phi) is 10.1. The predicted octanol–water partition coefficient (Wildman–Crippen LogP) is 2.92. The van der Waals surface area contributed by atoms with Gasteiger partial charge < -0.3 is 24.7 Å². The lowest BCUT2D eigenvalue weighted by Gasteiger charge is -2.21. The van der Waals surface area contributed by atoms with Crippen LogP contribution in [0.4, 0.5) is 0 Å². The summed E-state index contributed by atoms with van der Waals surface area (Å²) in [4.78, 5) is 14.2. The minimum atomic E-state index is 0.614. The van der Waals surface area contributed by atoms with Crippen molar-refractivity contribution >= 4 is 5.96 Å². The maximum Gasteiger partial charge on any atom is 0.193 e. The number of unbranched alkanes of at least 4 members (excludes halogenated alkanes) is 1. The number of benzene rings is 1. The van der Waals surface area contributed by atoms with Crippen molar-refractivity contribution in [2.45, 2.75) is 26.3 Å². The summed E-state index contributed by atoms with van der Waals surface area (Å²) >= 11 is 0. The Morgan fingerprint density at radius 3 is 2.61 bits per heavy atom. The molecule has 0 aliphatic rings. The van der Waals surface area contributed by atoms with Gasteiger partial charge >= 0.3 is 0 Å². The largest absolute Gasteiger partial charge is 0.379 e. The maximum absolute atomic E-state index is 5.58. The SMILES string of the molecule is CCCCOCCOCCNC(=NC)N(C)Cc1ncc(-c2ccccc2)[nH]1. The van der Waals surface area contributed by atoms with E-state index in [1.54, 1.807) is 7.05 Å². The molecule has 0 atom stereocenters. The number of imidazole rings is 1. The van der Waals surface area contributed by atoms with E-state index >= 15 is 0 Å². The van der Waals surface area contributed by atoms with Gasteiger partial charge in [-0.05, 0) is 12.0 Å². The Bertz CT molecular complexity index is 687. The van der Waals surface area contributed by atoms with Crippen LogP contribution >= 0.6 is 0 Å². The summed E-state index contributed by atoms with van der Waals surface area (Å²) in [6, 6.07) is 10.2. The van der Waals surface area contributed by atoms with Crippen LogP contribution in [0.2, 0.25) is 0 Å². The average Bonchev–Trinajstić information content (AvgIpc) is 3.18. The molecule has 1 aromatic heterocycles. The molecular formula is C21H33N5O2. The molecule has 7 nitrogen and oxygen atoms in total. The Labute approximate surface area is 168 Å². The van der Waals surface area contributed by atoms with E-state index in [0.717, 1.165) is 42.5 Å². The minimum Gasteiger partial charge on any atom is -0.379 e. The van der Waals surface area contributed by atoms with Crippen LogP contribution < -0.4 is 5.32 Å². The zero-order valence-corrected chi connectivity index (χ0v) is 17.3. The first kappa shape index (κ1) is 21.9. The molecule has 1 aromatic carbocycles. The lowest BCUT2D eigenvalue weighted by atomic mass is 10.2. The van der Waals surface area contributed by atoms with E-state index < -0.39 is 0 Å². The van der Waals surface area contributed by atoms with Crippen molar-refractivity contribution in [1.29, 1.82) is 0 Å². The number of hydrogen-bond donors (Lipinski definition) is 2. The van der Waals surface area contributed by atoms with Crippen LogP contribution in [0.5, 0.6) is 0 Å². The maximum atomic E-state index is 5.58. The van der Waals surface area contributed by atoms with Gasteiger partial charge in [0.05, 0.1) is 38.3 Å². The second-order valence-corrected chi connectivity index (χ2v) is 6.52. The number of aromatic nitrogens is 2. The first-order valence-electron chi connectivity index (χ1n) is 9.91. The number of aromatic amines is 1. The van der Waals surface area contributed by atoms with Crippen molar-refractivity contribution in [3.8, 4) is 11.3 Å². The van der Waals surface area contributed by atoms with Gasteiger partial charge in [0.15, 0.2) is 5.96 Å². The van der Waals surface area contributed by atoms with E-state index in [9.17, 15) is 0 Å². The van der Waals surface area contributed by atoms with Gasteiger partial charge in [0.25, 0.3) is 0 Å². The number of nitrogens with zero attached hydrogens (tertiary/aromatic N) is 3. The van der Waals surface area contributed by atoms with Gasteiger partial charge in [0.1, 0.15) is 5.82 Å². The van der Waals surface area contributed by atoms with Crippen LogP contribution in [0.15, 0.2) is 41.5 Å². The number of guanidine groups is 1. The molecule has 0 aliphatic carbocycles. The van der Waals surface area contributed by atoms with Crippen molar-refractivity contribution in [3.63, 3.8) is 0 Å². The molecular weight excluding hydrogens is 354 g/mol. The van der Waals surface area contributed by atoms with Gasteiger partial charge in [0.2, 0.25) is 0 Å². The fraction of sp³-hybridized carbons (Fsp3) is 0.524. The Hall–Kier alpha value is -2.38. The third-order valence-corrected chi connectivity index (χ3v) is 4.22. The fourth-order valence-electron chi connectivity index (χ4n) is 2.69. The standard InChI is InChI=1S/C21H33N5O2/c1-4-5-12-27-14-15-28-13-11-23-21(22-2)26(3)17-20-24-16-19(25-20)18-9-7-6-8-10-18/h6-10,16H,4-5,11-15,17H2,1-3H3,(H,22,23)(H,24,25). The van der Waals surface area contributed by atoms with Gasteiger partial charge in [-0.2, -0.15) is 0 Å². The molecule has 0 radical (unpaired) electrons. The predicted molar refractivity (Wildman–Crippen MR) is 113 cm³/mol. The summed E-state index contributed by atoms with van der Waals surface area (Å²) in [6.07, 6.45) is 4.13. The van der Waals surface area contributed by atoms with Gasteiger partial charge in [-0.15, -0.1) is 0 Å². The molecule has 0 amide bonds. The zero-order chi connectivity index (χ0) is 20.0. The van der Waals surface area contributed by atoms with Crippen molar-refractivity contribution in [2.75, 3.05) is 47.1 Å². The van der Waals surface area contributed by atoms with Crippen LogP contribution in [-0.2, 0) is 16.0 Å². The molecule has 0 saturated heterocycles. The third-order valence-electron chi connectivity index (χ3n) is 4.22. The summed E-state index contributed by atoms with van der Waals surface area (Å²) in [5.41, 5.74) is 2.14. The smallest absolute Gasteiger partial charge is 0.193 e. The molecule has 2 rings (SSSR count). The first-order chi connectivity index (χ1) is 13.7. The average molecular weight is 388 g/mol. The van der Waals surface area contributed by atoms with Crippen molar-refractivity contribution in [3.05, 3.63) is 42.4 Å². The second-order valence-electron chi connectivity index (χ2n) is 6.52. The highest BCUT2D eigenvalue weighted by molar-refractivity contribution is 5.79. The molecule has 1 heterocycles. The number of ether oxygens (including phenoxy) is 2. The van der Waals surface area contributed by atoms with Crippen molar-refractivity contribution in [1.82, 2.24) is 20.2 Å². The molecule has 154 valence electrons. The molecule has 2 aromatic rings. The fourth-order valence-corrected chi connectivity index (χ4v) is 2.69. The molecule has 7 heteroatoms. The topological polar surface area (TPSA) is 74.8 Å². The van der Waals surface area contributed by atoms with E-state index in [2.05, 4.69) is 39.3 Å². The van der Waals surface area contributed by atoms with E-state index in [1.165, 1.54) is 0 Å². The van der Waals surface area contributed by atoms with E-state index in [0.29, 0.717) is 32.9 Å². The van der Waals surface area contributed by atoms with Crippen molar-refractivity contribution in [2.24, 2.45) is 4.99 Å². The van der Waals surface area contributed by atoms with Gasteiger partial charge in [-0.3, -0.25) is 4.99 Å². The highest BCUT2D eigenvalue weighted by Crippen LogP contribution is 2.16. The van der Waals surface area contributed by atoms with Gasteiger partial charge in [0, 0.05) is 27.2 Å². The van der Waals surface area contributed by atoms with Gasteiger partial charge in [-0.25, -0.2) is 4.98 Å². The number of hydrogen-bond acceptors (Lipinski definition) is 4. The summed E-state index contributed by atoms with van der Waals surface area (Å²) in [5, 5.41) is 3.31. The van der Waals surface area contributed by atoms with E-state index in [1.807, 2.05) is 36.3 Å². The number of rotatable bonds is 12. The molecule has 0 spiro atoms. The summed E-state index contributed by atoms with van der Waals surface area (Å²) in [6.45, 7) is 6.18. The highest BCUT2D eigenvalue weighted by Gasteiger charge is 2.09. The molecule has 0 unspecified atom stereocenters. The normalized spacial score (nSPS) is 11.6. The molecule has 0 bridgehead atoms. The second kappa shape index (κ2) is 12.9. The van der Waals surface area contributed by atoms with Gasteiger partial charge in [-0.1, -0.05) is 43.7 Å². The number of H-pyrrole nitrogens is 1. The number of aliphatic imine (C=N–C) groups is 1. The summed E-state index contributed by atoms with van der Waals surface area (Å²) in [5.74, 6) is 1.70. The van der Waals surface area contributed by atoms with Crippen LogP contribution in [0, 0.1) is 0 Å². The summed E-state index contributed by atoms with van der Waals surface area (Å²) in [7, 11) is 3.77. The van der Waals surface area contributed by atoms with Crippen LogP contribution in [0.1, 0.15) is 25.6 Å². The van der Waals surface area contributed by atoms with Crippen LogP contribution in [0.3, 0.4) is 0 Å². The first-order valence-corrected chi connectivity index (χ1v) is 9.91. The third kappa shape index (κ3) is 7.70. The van der Waals surface area contributed by atoms with Crippen molar-refractivity contribution < 1.29 is 9.47 Å². The highest BCUT2D eigenvalue weighted by atomic mass is 16.5.